The van der Waals surface area contributed by atoms with E-state index >= 15 is 0 Å². The van der Waals surface area contributed by atoms with Crippen LogP contribution in [-0.2, 0) is 9.53 Å². The predicted molar refractivity (Wildman–Crippen MR) is 114 cm³/mol. The van der Waals surface area contributed by atoms with Gasteiger partial charge in [-0.3, -0.25) is 4.79 Å². The van der Waals surface area contributed by atoms with E-state index in [1.165, 1.54) is 32.3 Å². The van der Waals surface area contributed by atoms with E-state index in [1.54, 1.807) is 0 Å². The summed E-state index contributed by atoms with van der Waals surface area (Å²) in [5.74, 6) is 0. The molecule has 27 heavy (non-hydrogen) atoms. The van der Waals surface area contributed by atoms with Gasteiger partial charge in [-0.2, -0.15) is 0 Å². The molecule has 4 aromatic carbocycles. The van der Waals surface area contributed by atoms with Crippen LogP contribution in [0, 0.1) is 0 Å². The summed E-state index contributed by atoms with van der Waals surface area (Å²) < 4.78 is 5.01. The molecule has 0 unspecified atom stereocenters. The highest BCUT2D eigenvalue weighted by molar-refractivity contribution is 6.22. The molecule has 0 spiro atoms. The first-order valence-corrected chi connectivity index (χ1v) is 9.43. The highest BCUT2D eigenvalue weighted by Gasteiger charge is 2.05. The smallest absolute Gasteiger partial charge is 0.207 e. The van der Waals surface area contributed by atoms with Crippen LogP contribution in [0.25, 0.3) is 32.3 Å². The Labute approximate surface area is 159 Å². The molecule has 0 atom stereocenters. The molecule has 0 radical (unpaired) electrons. The molecule has 4 aromatic rings. The molecule has 4 heteroatoms. The van der Waals surface area contributed by atoms with Crippen molar-refractivity contribution in [3.05, 3.63) is 60.7 Å². The first-order chi connectivity index (χ1) is 13.3. The zero-order chi connectivity index (χ0) is 18.9. The van der Waals surface area contributed by atoms with Gasteiger partial charge >= 0.3 is 0 Å². The number of morpholine rings is 1. The third-order valence-electron chi connectivity index (χ3n) is 4.53. The normalized spacial score (nSPS) is 13.5. The van der Waals surface area contributed by atoms with E-state index in [0.29, 0.717) is 6.41 Å². The van der Waals surface area contributed by atoms with Crippen LogP contribution in [0.3, 0.4) is 0 Å². The molecule has 1 aliphatic heterocycles. The zero-order valence-corrected chi connectivity index (χ0v) is 15.7. The summed E-state index contributed by atoms with van der Waals surface area (Å²) in [7, 11) is 0. The second kappa shape index (κ2) is 9.86. The van der Waals surface area contributed by atoms with Crippen LogP contribution < -0.4 is 10.6 Å². The van der Waals surface area contributed by atoms with Crippen molar-refractivity contribution in [1.29, 1.82) is 0 Å². The number of nitrogens with one attached hydrogen (secondary N) is 2. The van der Waals surface area contributed by atoms with Crippen LogP contribution in [0.1, 0.15) is 6.92 Å². The minimum atomic E-state index is 0.681. The minimum Gasteiger partial charge on any atom is -0.379 e. The molecule has 1 fully saturated rings. The lowest BCUT2D eigenvalue weighted by molar-refractivity contribution is -0.109. The summed E-state index contributed by atoms with van der Waals surface area (Å²) in [6.07, 6.45) is 0.681. The maximum Gasteiger partial charge on any atom is 0.207 e. The standard InChI is InChI=1S/C16H10.C4H9NO.C3H7NO/c1-3-11-7-9-13-5-2-6-14-10-8-12(4-1)15(11)16(13)14;1-3-6-4-2-5-1;1-2-4-3-5/h1-10H;5H,1-4H2;3H,2H2,1H3,(H,4,5). The summed E-state index contributed by atoms with van der Waals surface area (Å²) in [6.45, 7) is 6.43. The Bertz CT molecular complexity index is 838. The first kappa shape index (κ1) is 19.1. The minimum absolute atomic E-state index is 0.681. The van der Waals surface area contributed by atoms with Crippen molar-refractivity contribution < 1.29 is 9.53 Å². The Morgan fingerprint density at radius 3 is 1.52 bits per heavy atom. The molecule has 0 bridgehead atoms. The van der Waals surface area contributed by atoms with Crippen molar-refractivity contribution >= 4 is 38.7 Å². The monoisotopic (exact) mass is 362 g/mol. The van der Waals surface area contributed by atoms with Gasteiger partial charge < -0.3 is 15.4 Å². The van der Waals surface area contributed by atoms with E-state index in [2.05, 4.69) is 71.3 Å². The number of carbonyl (C=O) groups is 1. The van der Waals surface area contributed by atoms with Crippen molar-refractivity contribution in [3.8, 4) is 0 Å². The largest absolute Gasteiger partial charge is 0.379 e. The van der Waals surface area contributed by atoms with Crippen LogP contribution in [0.2, 0.25) is 0 Å². The van der Waals surface area contributed by atoms with Gasteiger partial charge in [0, 0.05) is 19.6 Å². The number of rotatable bonds is 2. The number of hydrogen-bond acceptors (Lipinski definition) is 3. The van der Waals surface area contributed by atoms with E-state index in [0.717, 1.165) is 32.8 Å². The van der Waals surface area contributed by atoms with Gasteiger partial charge in [-0.05, 0) is 39.2 Å². The molecular weight excluding hydrogens is 336 g/mol. The number of ether oxygens (including phenoxy) is 1. The van der Waals surface area contributed by atoms with E-state index in [-0.39, 0.29) is 0 Å². The van der Waals surface area contributed by atoms with Gasteiger partial charge in [-0.25, -0.2) is 0 Å². The average Bonchev–Trinajstić information content (AvgIpc) is 2.75. The van der Waals surface area contributed by atoms with Gasteiger partial charge in [0.1, 0.15) is 0 Å². The van der Waals surface area contributed by atoms with Crippen LogP contribution in [0.4, 0.5) is 0 Å². The highest BCUT2D eigenvalue weighted by Crippen LogP contribution is 2.33. The van der Waals surface area contributed by atoms with E-state index < -0.39 is 0 Å². The molecular formula is C23H26N2O2. The topological polar surface area (TPSA) is 50.4 Å². The summed E-state index contributed by atoms with van der Waals surface area (Å²) in [6, 6.07) is 21.9. The first-order valence-electron chi connectivity index (χ1n) is 9.43. The van der Waals surface area contributed by atoms with Gasteiger partial charge in [-0.15, -0.1) is 0 Å². The molecule has 0 aliphatic carbocycles. The van der Waals surface area contributed by atoms with Crippen molar-refractivity contribution in [2.24, 2.45) is 0 Å². The van der Waals surface area contributed by atoms with Gasteiger partial charge in [0.2, 0.25) is 6.41 Å². The zero-order valence-electron chi connectivity index (χ0n) is 15.7. The molecule has 0 aromatic heterocycles. The second-order valence-corrected chi connectivity index (χ2v) is 6.33. The maximum atomic E-state index is 9.29. The molecule has 140 valence electrons. The van der Waals surface area contributed by atoms with Crippen LogP contribution in [-0.4, -0.2) is 39.3 Å². The van der Waals surface area contributed by atoms with E-state index in [4.69, 9.17) is 4.74 Å². The Balaban J connectivity index is 0.000000159. The Hall–Kier alpha value is -2.69. The van der Waals surface area contributed by atoms with Crippen molar-refractivity contribution in [2.45, 2.75) is 6.92 Å². The Morgan fingerprint density at radius 1 is 0.852 bits per heavy atom. The molecule has 1 saturated heterocycles. The fourth-order valence-electron chi connectivity index (χ4n) is 3.27. The van der Waals surface area contributed by atoms with Crippen LogP contribution in [0.5, 0.6) is 0 Å². The summed E-state index contributed by atoms with van der Waals surface area (Å²) in [5, 5.41) is 13.7. The lowest BCUT2D eigenvalue weighted by Gasteiger charge is -2.10. The van der Waals surface area contributed by atoms with Crippen LogP contribution in [0.15, 0.2) is 60.7 Å². The van der Waals surface area contributed by atoms with Gasteiger partial charge in [0.25, 0.3) is 0 Å². The van der Waals surface area contributed by atoms with Gasteiger partial charge in [-0.1, -0.05) is 60.7 Å². The number of hydrogen-bond donors (Lipinski definition) is 2. The fraction of sp³-hybridized carbons (Fsp3) is 0.261. The van der Waals surface area contributed by atoms with Crippen molar-refractivity contribution in [2.75, 3.05) is 32.8 Å². The van der Waals surface area contributed by atoms with Crippen LogP contribution >= 0.6 is 0 Å². The van der Waals surface area contributed by atoms with Gasteiger partial charge in [0.15, 0.2) is 0 Å². The Kier molecular flexibility index (Phi) is 6.97. The summed E-state index contributed by atoms with van der Waals surface area (Å²) >= 11 is 0. The molecule has 1 amide bonds. The van der Waals surface area contributed by atoms with Gasteiger partial charge in [0.05, 0.1) is 13.2 Å². The third-order valence-corrected chi connectivity index (χ3v) is 4.53. The van der Waals surface area contributed by atoms with E-state index in [1.807, 2.05) is 6.92 Å². The lowest BCUT2D eigenvalue weighted by atomic mass is 9.95. The fourth-order valence-corrected chi connectivity index (χ4v) is 3.27. The molecule has 0 saturated carbocycles. The SMILES string of the molecule is C1COCCN1.CCNC=O.c1cc2ccc3cccc4ccc(c1)c2c34. The highest BCUT2D eigenvalue weighted by atomic mass is 16.5. The van der Waals surface area contributed by atoms with E-state index in [9.17, 15) is 4.79 Å². The quantitative estimate of drug-likeness (QED) is 0.419. The average molecular weight is 362 g/mol. The maximum absolute atomic E-state index is 9.29. The Morgan fingerprint density at radius 2 is 1.30 bits per heavy atom. The lowest BCUT2D eigenvalue weighted by Crippen LogP contribution is -2.30. The molecule has 5 rings (SSSR count). The summed E-state index contributed by atoms with van der Waals surface area (Å²) in [4.78, 5) is 9.29. The molecule has 1 aliphatic rings. The second-order valence-electron chi connectivity index (χ2n) is 6.33. The number of carbonyl (C=O) groups excluding carboxylic acids is 1. The number of amides is 1. The molecule has 4 nitrogen and oxygen atoms in total. The number of benzene rings is 4. The third kappa shape index (κ3) is 4.73. The molecule has 1 heterocycles. The van der Waals surface area contributed by atoms with Crippen molar-refractivity contribution in [1.82, 2.24) is 10.6 Å². The van der Waals surface area contributed by atoms with Crippen molar-refractivity contribution in [3.63, 3.8) is 0 Å². The summed E-state index contributed by atoms with van der Waals surface area (Å²) in [5.41, 5.74) is 0. The molecule has 2 N–H and O–H groups in total. The predicted octanol–water partition coefficient (Wildman–Crippen LogP) is 3.94.